The lowest BCUT2D eigenvalue weighted by Crippen LogP contribution is -2.58. The summed E-state index contributed by atoms with van der Waals surface area (Å²) in [4.78, 5) is 16.5. The molecule has 41 heavy (non-hydrogen) atoms. The molecule has 4 rings (SSSR count). The number of aliphatic hydroxyl groups is 1. The van der Waals surface area contributed by atoms with Gasteiger partial charge in [0.2, 0.25) is 0 Å². The summed E-state index contributed by atoms with van der Waals surface area (Å²) >= 11 is 0. The highest BCUT2D eigenvalue weighted by molar-refractivity contribution is 7.86. The van der Waals surface area contributed by atoms with E-state index in [1.165, 1.54) is 0 Å². The van der Waals surface area contributed by atoms with Gasteiger partial charge in [-0.25, -0.2) is 4.79 Å². The number of ether oxygens (including phenoxy) is 1. The molecule has 4 aliphatic rings. The molecule has 4 saturated carbocycles. The fourth-order valence-corrected chi connectivity index (χ4v) is 9.62. The van der Waals surface area contributed by atoms with Crippen molar-refractivity contribution >= 4 is 26.2 Å². The summed E-state index contributed by atoms with van der Waals surface area (Å²) in [6, 6.07) is -2.82. The van der Waals surface area contributed by atoms with E-state index < -0.39 is 78.7 Å². The minimum Gasteiger partial charge on any atom is -0.390 e. The van der Waals surface area contributed by atoms with Crippen LogP contribution < -0.4 is 5.32 Å². The van der Waals surface area contributed by atoms with E-state index in [1.54, 1.807) is 0 Å². The predicted molar refractivity (Wildman–Crippen MR) is 145 cm³/mol. The zero-order chi connectivity index (χ0) is 29.9. The fraction of sp³-hybridized carbons (Fsp3) is 0.960. The van der Waals surface area contributed by atoms with E-state index in [-0.39, 0.29) is 44.4 Å². The summed E-state index contributed by atoms with van der Waals surface area (Å²) in [7, 11) is -8.91. The molecule has 0 saturated heterocycles. The van der Waals surface area contributed by atoms with Crippen molar-refractivity contribution in [2.75, 3.05) is 6.73 Å². The van der Waals surface area contributed by atoms with Crippen molar-refractivity contribution < 1.29 is 50.7 Å². The number of fused-ring (bicyclic) bond motifs is 1. The van der Waals surface area contributed by atoms with Crippen molar-refractivity contribution in [3.05, 3.63) is 0 Å². The van der Waals surface area contributed by atoms with Gasteiger partial charge in [-0.15, -0.1) is 0 Å². The monoisotopic (exact) mass is 625 g/mol. The van der Waals surface area contributed by atoms with Crippen LogP contribution in [0, 0.1) is 23.7 Å². The quantitative estimate of drug-likeness (QED) is 0.0818. The Balaban J connectivity index is 1.53. The Bertz CT molecular complexity index is 1150. The predicted octanol–water partition coefficient (Wildman–Crippen LogP) is 2.20. The first-order valence-corrected chi connectivity index (χ1v) is 17.5. The first-order chi connectivity index (χ1) is 19.3. The van der Waals surface area contributed by atoms with Crippen LogP contribution in [0.25, 0.3) is 0 Å². The van der Waals surface area contributed by atoms with Crippen LogP contribution in [-0.4, -0.2) is 89.8 Å². The van der Waals surface area contributed by atoms with Crippen molar-refractivity contribution in [3.63, 3.8) is 0 Å². The largest absolute Gasteiger partial charge is 0.390 e. The molecular formula is C25H43N3O11S2. The van der Waals surface area contributed by atoms with Crippen molar-refractivity contribution in [3.8, 4) is 0 Å². The van der Waals surface area contributed by atoms with Crippen LogP contribution in [0.2, 0.25) is 0 Å². The van der Waals surface area contributed by atoms with E-state index in [4.69, 9.17) is 9.99 Å². The van der Waals surface area contributed by atoms with E-state index in [1.807, 2.05) is 6.92 Å². The summed E-state index contributed by atoms with van der Waals surface area (Å²) in [6.07, 6.45) is 5.16. The third-order valence-corrected chi connectivity index (χ3v) is 12.2. The Morgan fingerprint density at radius 1 is 0.902 bits per heavy atom. The van der Waals surface area contributed by atoms with Crippen molar-refractivity contribution in [2.45, 2.75) is 118 Å². The molecule has 16 heteroatoms. The molecule has 0 aliphatic heterocycles. The molecule has 4 aliphatic carbocycles. The second kappa shape index (κ2) is 13.6. The Morgan fingerprint density at radius 3 is 2.22 bits per heavy atom. The van der Waals surface area contributed by atoms with Crippen LogP contribution in [0.1, 0.15) is 77.6 Å². The average Bonchev–Trinajstić information content (AvgIpc) is 2.92. The van der Waals surface area contributed by atoms with E-state index in [2.05, 4.69) is 20.4 Å². The van der Waals surface area contributed by atoms with Crippen LogP contribution in [0.3, 0.4) is 0 Å². The molecule has 10 unspecified atom stereocenters. The van der Waals surface area contributed by atoms with Crippen LogP contribution in [-0.2, 0) is 34.7 Å². The number of carbonyl (C=O) groups is 1. The normalized spacial score (nSPS) is 39.3. The molecule has 0 radical (unpaired) electrons. The van der Waals surface area contributed by atoms with Crippen LogP contribution >= 0.6 is 0 Å². The van der Waals surface area contributed by atoms with Gasteiger partial charge < -0.3 is 14.7 Å². The number of aliphatic hydroxyl groups excluding tert-OH is 1. The second-order valence-corrected chi connectivity index (χ2v) is 15.6. The Kier molecular flexibility index (Phi) is 10.8. The maximum absolute atomic E-state index is 12.5. The molecular weight excluding hydrogens is 582 g/mol. The lowest BCUT2D eigenvalue weighted by Gasteiger charge is -2.48. The van der Waals surface area contributed by atoms with Crippen LogP contribution in [0.5, 0.6) is 0 Å². The summed E-state index contributed by atoms with van der Waals surface area (Å²) in [5, 5.41) is 29.7. The van der Waals surface area contributed by atoms with Crippen molar-refractivity contribution in [1.82, 2.24) is 5.32 Å². The zero-order valence-corrected chi connectivity index (χ0v) is 24.8. The van der Waals surface area contributed by atoms with E-state index in [0.29, 0.717) is 12.8 Å². The number of rotatable bonds is 9. The lowest BCUT2D eigenvalue weighted by atomic mass is 9.63. The van der Waals surface area contributed by atoms with Crippen LogP contribution in [0.4, 0.5) is 0 Å². The third kappa shape index (κ3) is 8.02. The molecule has 0 aromatic heterocycles. The highest BCUT2D eigenvalue weighted by Crippen LogP contribution is 2.46. The van der Waals surface area contributed by atoms with Gasteiger partial charge in [-0.3, -0.25) is 14.4 Å². The maximum Gasteiger partial charge on any atom is 0.347 e. The highest BCUT2D eigenvalue weighted by atomic mass is 32.2. The summed E-state index contributed by atoms with van der Waals surface area (Å²) in [5.41, 5.74) is 0. The third-order valence-electron chi connectivity index (χ3n) is 9.61. The second-order valence-electron chi connectivity index (χ2n) is 12.3. The highest BCUT2D eigenvalue weighted by Gasteiger charge is 2.54. The number of azo groups is 1. The molecule has 0 bridgehead atoms. The molecule has 5 N–H and O–H groups in total. The average molecular weight is 626 g/mol. The van der Waals surface area contributed by atoms with Gasteiger partial charge in [-0.1, -0.05) is 26.2 Å². The maximum atomic E-state index is 12.5. The molecule has 0 amide bonds. The van der Waals surface area contributed by atoms with E-state index in [9.17, 15) is 35.8 Å². The summed E-state index contributed by atoms with van der Waals surface area (Å²) in [5.74, 6) is -3.29. The summed E-state index contributed by atoms with van der Waals surface area (Å²) in [6.45, 7) is 1.95. The number of nitrogens with zero attached hydrogens (tertiary/aromatic N) is 2. The molecule has 0 aromatic rings. The topological polar surface area (TPSA) is 221 Å². The van der Waals surface area contributed by atoms with Gasteiger partial charge in [0, 0.05) is 6.04 Å². The van der Waals surface area contributed by atoms with Gasteiger partial charge in [0.15, 0.2) is 0 Å². The SMILES string of the molecule is CC1CCC(N=NC2C(C(=O)OO)CC3CC(S(=O)(=O)O)C(NCOC4CCCCC4)CC3C2O)C(S(=O)(=O)O)C1. The lowest BCUT2D eigenvalue weighted by molar-refractivity contribution is -0.243. The number of nitrogens with one attached hydrogen (secondary N) is 1. The minimum atomic E-state index is -4.49. The summed E-state index contributed by atoms with van der Waals surface area (Å²) < 4.78 is 74.4. The van der Waals surface area contributed by atoms with Crippen molar-refractivity contribution in [1.29, 1.82) is 0 Å². The Labute approximate surface area is 241 Å². The number of hydrogen-bond donors (Lipinski definition) is 5. The molecule has 0 heterocycles. The first kappa shape index (κ1) is 32.6. The molecule has 4 fully saturated rings. The van der Waals surface area contributed by atoms with Gasteiger partial charge in [-0.2, -0.15) is 32.3 Å². The van der Waals surface area contributed by atoms with Gasteiger partial charge in [-0.05, 0) is 69.1 Å². The van der Waals surface area contributed by atoms with Gasteiger partial charge >= 0.3 is 5.97 Å². The smallest absolute Gasteiger partial charge is 0.347 e. The van der Waals surface area contributed by atoms with Gasteiger partial charge in [0.1, 0.15) is 16.5 Å². The minimum absolute atomic E-state index is 0.00550. The van der Waals surface area contributed by atoms with E-state index >= 15 is 0 Å². The van der Waals surface area contributed by atoms with Crippen molar-refractivity contribution in [2.24, 2.45) is 33.9 Å². The molecule has 0 aromatic carbocycles. The number of carbonyl (C=O) groups excluding carboxylic acids is 1. The van der Waals surface area contributed by atoms with Crippen LogP contribution in [0.15, 0.2) is 10.2 Å². The van der Waals surface area contributed by atoms with E-state index in [0.717, 1.165) is 32.1 Å². The molecule has 236 valence electrons. The zero-order valence-electron chi connectivity index (χ0n) is 23.2. The standard InChI is InChI=1S/C25H43N3O11S2/c1-14-7-8-19(21(9-14)40(32,33)34)27-28-23-18(25(30)39-31)10-15-11-22(41(35,36)37)20(12-17(15)24(23)29)26-13-38-16-5-3-2-4-6-16/h14-24,26,29,31H,2-13H2,1H3,(H,32,33,34)(H,35,36,37). The number of hydrogen-bond acceptors (Lipinski definition) is 12. The first-order valence-electron chi connectivity index (χ1n) is 14.5. The molecule has 10 atom stereocenters. The molecule has 14 nitrogen and oxygen atoms in total. The fourth-order valence-electron chi connectivity index (χ4n) is 7.35. The van der Waals surface area contributed by atoms with Gasteiger partial charge in [0.05, 0.1) is 30.9 Å². The van der Waals surface area contributed by atoms with Gasteiger partial charge in [0.25, 0.3) is 20.2 Å². The Morgan fingerprint density at radius 2 is 1.59 bits per heavy atom. The Hall–Kier alpha value is -1.27. The molecule has 0 spiro atoms.